The molecule has 5 heteroatoms. The molecule has 20 heavy (non-hydrogen) atoms. The fourth-order valence-corrected chi connectivity index (χ4v) is 2.87. The Morgan fingerprint density at radius 3 is 2.95 bits per heavy atom. The fourth-order valence-electron chi connectivity index (χ4n) is 2.07. The first-order valence-corrected chi connectivity index (χ1v) is 8.33. The molecule has 4 nitrogen and oxygen atoms in total. The van der Waals surface area contributed by atoms with Crippen molar-refractivity contribution >= 4 is 11.8 Å². The summed E-state index contributed by atoms with van der Waals surface area (Å²) in [6.07, 6.45) is 6.69. The minimum atomic E-state index is 0.622. The summed E-state index contributed by atoms with van der Waals surface area (Å²) >= 11 is 1.73. The van der Waals surface area contributed by atoms with Crippen LogP contribution in [-0.4, -0.2) is 19.7 Å². The number of aryl methyl sites for hydroxylation is 1. The van der Waals surface area contributed by atoms with Gasteiger partial charge in [-0.2, -0.15) is 5.10 Å². The maximum absolute atomic E-state index is 4.74. The van der Waals surface area contributed by atoms with Crippen LogP contribution in [0, 0.1) is 0 Å². The first-order chi connectivity index (χ1) is 9.86. The van der Waals surface area contributed by atoms with E-state index in [1.807, 2.05) is 24.4 Å². The molecule has 0 atom stereocenters. The van der Waals surface area contributed by atoms with Crippen molar-refractivity contribution in [2.45, 2.75) is 55.8 Å². The Bertz CT molecular complexity index is 548. The summed E-state index contributed by atoms with van der Waals surface area (Å²) in [5.41, 5.74) is 0. The highest BCUT2D eigenvalue weighted by atomic mass is 32.2. The van der Waals surface area contributed by atoms with Gasteiger partial charge in [0.15, 0.2) is 5.82 Å². The SMILES string of the molecule is CCCCn1nc(C2CC2)nc1CSc1ccccn1. The summed E-state index contributed by atoms with van der Waals surface area (Å²) in [5.74, 6) is 3.62. The minimum absolute atomic E-state index is 0.622. The molecule has 3 rings (SSSR count). The molecule has 106 valence electrons. The van der Waals surface area contributed by atoms with E-state index in [1.54, 1.807) is 11.8 Å². The largest absolute Gasteiger partial charge is 0.250 e. The molecule has 1 fully saturated rings. The zero-order valence-corrected chi connectivity index (χ0v) is 12.6. The second-order valence-corrected chi connectivity index (χ2v) is 6.19. The smallest absolute Gasteiger partial charge is 0.154 e. The third-order valence-corrected chi connectivity index (χ3v) is 4.36. The molecule has 0 radical (unpaired) electrons. The Labute approximate surface area is 124 Å². The van der Waals surface area contributed by atoms with Gasteiger partial charge in [0.1, 0.15) is 5.82 Å². The van der Waals surface area contributed by atoms with Gasteiger partial charge in [0.2, 0.25) is 0 Å². The summed E-state index contributed by atoms with van der Waals surface area (Å²) in [4.78, 5) is 9.09. The Morgan fingerprint density at radius 1 is 1.35 bits per heavy atom. The highest BCUT2D eigenvalue weighted by molar-refractivity contribution is 7.98. The van der Waals surface area contributed by atoms with Crippen molar-refractivity contribution in [1.29, 1.82) is 0 Å². The van der Waals surface area contributed by atoms with Crippen LogP contribution in [0.4, 0.5) is 0 Å². The van der Waals surface area contributed by atoms with Crippen LogP contribution in [-0.2, 0) is 12.3 Å². The normalized spacial score (nSPS) is 14.7. The van der Waals surface area contributed by atoms with Crippen molar-refractivity contribution in [3.8, 4) is 0 Å². The third kappa shape index (κ3) is 3.39. The van der Waals surface area contributed by atoms with Gasteiger partial charge in [-0.3, -0.25) is 0 Å². The first-order valence-electron chi connectivity index (χ1n) is 7.34. The van der Waals surface area contributed by atoms with Crippen LogP contribution in [0.1, 0.15) is 50.2 Å². The van der Waals surface area contributed by atoms with Crippen molar-refractivity contribution in [3.05, 3.63) is 36.0 Å². The van der Waals surface area contributed by atoms with Crippen LogP contribution in [0.25, 0.3) is 0 Å². The van der Waals surface area contributed by atoms with Crippen LogP contribution in [0.15, 0.2) is 29.4 Å². The van der Waals surface area contributed by atoms with Gasteiger partial charge >= 0.3 is 0 Å². The predicted molar refractivity (Wildman–Crippen MR) is 80.7 cm³/mol. The van der Waals surface area contributed by atoms with E-state index in [4.69, 9.17) is 10.1 Å². The lowest BCUT2D eigenvalue weighted by Gasteiger charge is -2.04. The topological polar surface area (TPSA) is 43.6 Å². The van der Waals surface area contributed by atoms with E-state index >= 15 is 0 Å². The molecule has 0 aliphatic heterocycles. The molecule has 1 saturated carbocycles. The molecule has 0 bridgehead atoms. The average Bonchev–Trinajstić information content (AvgIpc) is 3.26. The maximum atomic E-state index is 4.74. The third-order valence-electron chi connectivity index (χ3n) is 3.42. The van der Waals surface area contributed by atoms with Crippen LogP contribution >= 0.6 is 11.8 Å². The van der Waals surface area contributed by atoms with E-state index in [0.717, 1.165) is 35.4 Å². The zero-order chi connectivity index (χ0) is 13.8. The van der Waals surface area contributed by atoms with Crippen molar-refractivity contribution in [2.24, 2.45) is 0 Å². The van der Waals surface area contributed by atoms with Crippen molar-refractivity contribution in [1.82, 2.24) is 19.7 Å². The molecule has 2 heterocycles. The summed E-state index contributed by atoms with van der Waals surface area (Å²) in [6, 6.07) is 6.00. The standard InChI is InChI=1S/C15H20N4S/c1-2-3-10-19-13(17-15(18-19)12-7-8-12)11-20-14-6-4-5-9-16-14/h4-6,9,12H,2-3,7-8,10-11H2,1H3. The number of unbranched alkanes of at least 4 members (excludes halogenated alkanes) is 1. The molecule has 0 spiro atoms. The Balaban J connectivity index is 1.69. The minimum Gasteiger partial charge on any atom is -0.250 e. The molecule has 2 aromatic rings. The number of nitrogens with zero attached hydrogens (tertiary/aromatic N) is 4. The molecule has 0 amide bonds. The van der Waals surface area contributed by atoms with Crippen molar-refractivity contribution in [3.63, 3.8) is 0 Å². The fraction of sp³-hybridized carbons (Fsp3) is 0.533. The van der Waals surface area contributed by atoms with Crippen LogP contribution in [0.3, 0.4) is 0 Å². The maximum Gasteiger partial charge on any atom is 0.154 e. The summed E-state index contributed by atoms with van der Waals surface area (Å²) < 4.78 is 2.10. The molecule has 0 unspecified atom stereocenters. The lowest BCUT2D eigenvalue weighted by molar-refractivity contribution is 0.550. The lowest BCUT2D eigenvalue weighted by atomic mass is 10.3. The van der Waals surface area contributed by atoms with Gasteiger partial charge in [0.05, 0.1) is 10.8 Å². The van der Waals surface area contributed by atoms with E-state index in [0.29, 0.717) is 5.92 Å². The average molecular weight is 288 g/mol. The quantitative estimate of drug-likeness (QED) is 0.730. The van der Waals surface area contributed by atoms with Gasteiger partial charge in [-0.15, -0.1) is 0 Å². The predicted octanol–water partition coefficient (Wildman–Crippen LogP) is 3.64. The molecule has 0 aromatic carbocycles. The van der Waals surface area contributed by atoms with Gasteiger partial charge in [-0.25, -0.2) is 14.6 Å². The van der Waals surface area contributed by atoms with E-state index in [1.165, 1.54) is 19.3 Å². The van der Waals surface area contributed by atoms with Gasteiger partial charge in [0, 0.05) is 18.7 Å². The number of pyridine rings is 1. The molecular weight excluding hydrogens is 268 g/mol. The highest BCUT2D eigenvalue weighted by Gasteiger charge is 2.28. The zero-order valence-electron chi connectivity index (χ0n) is 11.8. The second kappa shape index (κ2) is 6.39. The van der Waals surface area contributed by atoms with E-state index < -0.39 is 0 Å². The molecule has 0 saturated heterocycles. The van der Waals surface area contributed by atoms with Crippen LogP contribution < -0.4 is 0 Å². The number of aromatic nitrogens is 4. The Kier molecular flexibility index (Phi) is 4.35. The Hall–Kier alpha value is -1.36. The number of hydrogen-bond acceptors (Lipinski definition) is 4. The second-order valence-electron chi connectivity index (χ2n) is 5.19. The number of hydrogen-bond donors (Lipinski definition) is 0. The highest BCUT2D eigenvalue weighted by Crippen LogP contribution is 2.38. The van der Waals surface area contributed by atoms with E-state index in [9.17, 15) is 0 Å². The molecule has 0 N–H and O–H groups in total. The summed E-state index contributed by atoms with van der Waals surface area (Å²) in [6.45, 7) is 3.19. The summed E-state index contributed by atoms with van der Waals surface area (Å²) in [7, 11) is 0. The summed E-state index contributed by atoms with van der Waals surface area (Å²) in [5, 5.41) is 5.74. The van der Waals surface area contributed by atoms with E-state index in [2.05, 4.69) is 16.6 Å². The first kappa shape index (κ1) is 13.6. The van der Waals surface area contributed by atoms with Gasteiger partial charge in [-0.1, -0.05) is 31.2 Å². The number of rotatable bonds is 7. The van der Waals surface area contributed by atoms with Crippen molar-refractivity contribution in [2.75, 3.05) is 0 Å². The number of thioether (sulfide) groups is 1. The molecule has 2 aromatic heterocycles. The monoisotopic (exact) mass is 288 g/mol. The van der Waals surface area contributed by atoms with E-state index in [-0.39, 0.29) is 0 Å². The molecule has 1 aliphatic rings. The van der Waals surface area contributed by atoms with Gasteiger partial charge in [-0.05, 0) is 31.4 Å². The van der Waals surface area contributed by atoms with Crippen molar-refractivity contribution < 1.29 is 0 Å². The Morgan fingerprint density at radius 2 is 2.25 bits per heavy atom. The van der Waals surface area contributed by atoms with Crippen LogP contribution in [0.5, 0.6) is 0 Å². The van der Waals surface area contributed by atoms with Crippen LogP contribution in [0.2, 0.25) is 0 Å². The van der Waals surface area contributed by atoms with Gasteiger partial charge in [0.25, 0.3) is 0 Å². The molecular formula is C15H20N4S. The van der Waals surface area contributed by atoms with Gasteiger partial charge < -0.3 is 0 Å². The lowest BCUT2D eigenvalue weighted by Crippen LogP contribution is -2.05. The molecule has 1 aliphatic carbocycles.